The van der Waals surface area contributed by atoms with Gasteiger partial charge in [0.1, 0.15) is 0 Å². The molecule has 0 aliphatic rings. The van der Waals surface area contributed by atoms with Gasteiger partial charge in [0, 0.05) is 27.5 Å². The van der Waals surface area contributed by atoms with Gasteiger partial charge in [0.25, 0.3) is 0 Å². The van der Waals surface area contributed by atoms with Crippen LogP contribution in [-0.4, -0.2) is 0 Å². The Hall–Kier alpha value is -3.03. The maximum Gasteiger partial charge on any atom is 0.0464 e. The van der Waals surface area contributed by atoms with Crippen molar-refractivity contribution in [2.24, 2.45) is 0 Å². The maximum atomic E-state index is 6.19. The van der Waals surface area contributed by atoms with Gasteiger partial charge in [0.15, 0.2) is 0 Å². The lowest BCUT2D eigenvalue weighted by atomic mass is 10.0. The van der Waals surface area contributed by atoms with E-state index in [1.54, 1.807) is 0 Å². The van der Waals surface area contributed by atoms with Crippen molar-refractivity contribution in [3.8, 4) is 11.1 Å². The first-order valence-corrected chi connectivity index (χ1v) is 9.26. The van der Waals surface area contributed by atoms with Gasteiger partial charge in [-0.3, -0.25) is 0 Å². The molecular formula is C25H22ClN. The van der Waals surface area contributed by atoms with Gasteiger partial charge in [-0.25, -0.2) is 0 Å². The average molecular weight is 372 g/mol. The normalized spacial score (nSPS) is 11.2. The van der Waals surface area contributed by atoms with E-state index in [1.807, 2.05) is 73.7 Å². The van der Waals surface area contributed by atoms with Gasteiger partial charge in [-0.2, -0.15) is 0 Å². The number of anilines is 2. The molecule has 3 aromatic rings. The second-order valence-corrected chi connectivity index (χ2v) is 6.57. The van der Waals surface area contributed by atoms with E-state index >= 15 is 0 Å². The van der Waals surface area contributed by atoms with Crippen molar-refractivity contribution in [1.82, 2.24) is 0 Å². The summed E-state index contributed by atoms with van der Waals surface area (Å²) in [5.74, 6) is 0. The van der Waals surface area contributed by atoms with Crippen molar-refractivity contribution in [1.29, 1.82) is 0 Å². The Bertz CT molecular complexity index is 998. The van der Waals surface area contributed by atoms with Gasteiger partial charge in [-0.05, 0) is 42.3 Å². The van der Waals surface area contributed by atoms with E-state index in [0.29, 0.717) is 0 Å². The van der Waals surface area contributed by atoms with Crippen LogP contribution >= 0.6 is 11.6 Å². The molecule has 1 N–H and O–H groups in total. The van der Waals surface area contributed by atoms with E-state index in [1.165, 1.54) is 0 Å². The van der Waals surface area contributed by atoms with Crippen LogP contribution < -0.4 is 5.32 Å². The Balaban J connectivity index is 1.97. The minimum absolute atomic E-state index is 0.727. The fourth-order valence-corrected chi connectivity index (χ4v) is 3.08. The first-order chi connectivity index (χ1) is 13.2. The summed E-state index contributed by atoms with van der Waals surface area (Å²) in [6.45, 7) is 6.21. The molecular weight excluding hydrogens is 350 g/mol. The van der Waals surface area contributed by atoms with Gasteiger partial charge in [0.05, 0.1) is 0 Å². The minimum atomic E-state index is 0.727. The van der Waals surface area contributed by atoms with Crippen molar-refractivity contribution in [3.63, 3.8) is 0 Å². The highest BCUT2D eigenvalue weighted by molar-refractivity contribution is 6.30. The zero-order chi connectivity index (χ0) is 19.1. The molecule has 0 spiro atoms. The Morgan fingerprint density at radius 3 is 2.41 bits per heavy atom. The summed E-state index contributed by atoms with van der Waals surface area (Å²) in [6.07, 6.45) is 8.01. The van der Waals surface area contributed by atoms with Crippen molar-refractivity contribution in [3.05, 3.63) is 114 Å². The number of hydrogen-bond donors (Lipinski definition) is 1. The first-order valence-electron chi connectivity index (χ1n) is 8.88. The standard InChI is InChI=1S/C25H22ClN/c1-3-4-5-11-19(2)22-14-6-8-16-24(22)27-25-17-9-7-15-23(25)20-12-10-13-21(26)18-20/h3-18,27H,2H2,1H3/b4-3-,11-5-. The highest BCUT2D eigenvalue weighted by atomic mass is 35.5. The van der Waals surface area contributed by atoms with Crippen molar-refractivity contribution < 1.29 is 0 Å². The van der Waals surface area contributed by atoms with Crippen LogP contribution in [0.5, 0.6) is 0 Å². The molecule has 0 amide bonds. The monoisotopic (exact) mass is 371 g/mol. The molecule has 0 saturated heterocycles. The molecule has 27 heavy (non-hydrogen) atoms. The molecule has 0 bridgehead atoms. The van der Waals surface area contributed by atoms with E-state index in [2.05, 4.69) is 42.2 Å². The molecule has 0 aliphatic carbocycles. The topological polar surface area (TPSA) is 12.0 Å². The van der Waals surface area contributed by atoms with Crippen LogP contribution in [0, 0.1) is 0 Å². The molecule has 0 atom stereocenters. The maximum absolute atomic E-state index is 6.19. The SMILES string of the molecule is C=C(/C=C\C=C/C)c1ccccc1Nc1ccccc1-c1cccc(Cl)c1. The predicted molar refractivity (Wildman–Crippen MR) is 120 cm³/mol. The van der Waals surface area contributed by atoms with Gasteiger partial charge in [-0.1, -0.05) is 91.0 Å². The zero-order valence-corrected chi connectivity index (χ0v) is 16.1. The van der Waals surface area contributed by atoms with E-state index < -0.39 is 0 Å². The highest BCUT2D eigenvalue weighted by Crippen LogP contribution is 2.33. The van der Waals surface area contributed by atoms with Crippen LogP contribution in [0.15, 0.2) is 104 Å². The molecule has 3 rings (SSSR count). The smallest absolute Gasteiger partial charge is 0.0464 e. The molecule has 3 aromatic carbocycles. The summed E-state index contributed by atoms with van der Waals surface area (Å²) in [5, 5.41) is 4.30. The minimum Gasteiger partial charge on any atom is -0.355 e. The fraction of sp³-hybridized carbons (Fsp3) is 0.0400. The number of allylic oxidation sites excluding steroid dienone is 5. The van der Waals surface area contributed by atoms with Crippen LogP contribution in [0.3, 0.4) is 0 Å². The lowest BCUT2D eigenvalue weighted by molar-refractivity contribution is 1.51. The van der Waals surface area contributed by atoms with Crippen molar-refractivity contribution in [2.75, 3.05) is 5.32 Å². The number of benzene rings is 3. The second kappa shape index (κ2) is 9.07. The molecule has 0 aromatic heterocycles. The predicted octanol–water partition coefficient (Wildman–Crippen LogP) is 7.90. The summed E-state index contributed by atoms with van der Waals surface area (Å²) in [6, 6.07) is 24.3. The van der Waals surface area contributed by atoms with Gasteiger partial charge >= 0.3 is 0 Å². The molecule has 0 unspecified atom stereocenters. The van der Waals surface area contributed by atoms with Crippen molar-refractivity contribution in [2.45, 2.75) is 6.92 Å². The quantitative estimate of drug-likeness (QED) is 0.434. The zero-order valence-electron chi connectivity index (χ0n) is 15.3. The van der Waals surface area contributed by atoms with Crippen LogP contribution in [0.4, 0.5) is 11.4 Å². The van der Waals surface area contributed by atoms with Gasteiger partial charge in [0.2, 0.25) is 0 Å². The van der Waals surface area contributed by atoms with Gasteiger partial charge < -0.3 is 5.32 Å². The lowest BCUT2D eigenvalue weighted by Gasteiger charge is -2.16. The summed E-state index contributed by atoms with van der Waals surface area (Å²) in [4.78, 5) is 0. The number of para-hydroxylation sites is 2. The Labute approximate surface area is 166 Å². The molecule has 0 heterocycles. The second-order valence-electron chi connectivity index (χ2n) is 6.14. The number of nitrogens with one attached hydrogen (secondary N) is 1. The fourth-order valence-electron chi connectivity index (χ4n) is 2.89. The van der Waals surface area contributed by atoms with Crippen LogP contribution in [0.1, 0.15) is 12.5 Å². The van der Waals surface area contributed by atoms with E-state index in [4.69, 9.17) is 11.6 Å². The third kappa shape index (κ3) is 4.78. The summed E-state index contributed by atoms with van der Waals surface area (Å²) in [7, 11) is 0. The highest BCUT2D eigenvalue weighted by Gasteiger charge is 2.08. The van der Waals surface area contributed by atoms with E-state index in [0.717, 1.165) is 38.7 Å². The van der Waals surface area contributed by atoms with E-state index in [-0.39, 0.29) is 0 Å². The average Bonchev–Trinajstić information content (AvgIpc) is 2.69. The summed E-state index contributed by atoms with van der Waals surface area (Å²) in [5.41, 5.74) is 6.25. The lowest BCUT2D eigenvalue weighted by Crippen LogP contribution is -1.96. The third-order valence-electron chi connectivity index (χ3n) is 4.21. The molecule has 0 radical (unpaired) electrons. The Kier molecular flexibility index (Phi) is 6.30. The van der Waals surface area contributed by atoms with Crippen molar-refractivity contribution >= 4 is 28.5 Å². The Morgan fingerprint density at radius 1 is 0.889 bits per heavy atom. The molecule has 2 heteroatoms. The molecule has 134 valence electrons. The van der Waals surface area contributed by atoms with Crippen LogP contribution in [0.2, 0.25) is 5.02 Å². The number of halogens is 1. The third-order valence-corrected chi connectivity index (χ3v) is 4.44. The largest absolute Gasteiger partial charge is 0.355 e. The first kappa shape index (κ1) is 18.8. The number of hydrogen-bond acceptors (Lipinski definition) is 1. The molecule has 0 fully saturated rings. The van der Waals surface area contributed by atoms with E-state index in [9.17, 15) is 0 Å². The van der Waals surface area contributed by atoms with Crippen LogP contribution in [-0.2, 0) is 0 Å². The molecule has 0 saturated carbocycles. The number of rotatable bonds is 6. The van der Waals surface area contributed by atoms with Crippen LogP contribution in [0.25, 0.3) is 16.7 Å². The summed E-state index contributed by atoms with van der Waals surface area (Å²) >= 11 is 6.19. The van der Waals surface area contributed by atoms with Gasteiger partial charge in [-0.15, -0.1) is 0 Å². The molecule has 1 nitrogen and oxygen atoms in total. The molecule has 0 aliphatic heterocycles. The summed E-state index contributed by atoms with van der Waals surface area (Å²) < 4.78 is 0. The Morgan fingerprint density at radius 2 is 1.63 bits per heavy atom.